The largest absolute Gasteiger partial charge is 0.348 e. The predicted molar refractivity (Wildman–Crippen MR) is 84.4 cm³/mol. The van der Waals surface area contributed by atoms with Gasteiger partial charge in [-0.25, -0.2) is 0 Å². The second-order valence-electron chi connectivity index (χ2n) is 4.82. The zero-order valence-electron chi connectivity index (χ0n) is 11.9. The van der Waals surface area contributed by atoms with E-state index in [9.17, 15) is 4.79 Å². The molecule has 0 bridgehead atoms. The monoisotopic (exact) mass is 347 g/mol. The smallest absolute Gasteiger partial charge is 0.236 e. The van der Waals surface area contributed by atoms with Gasteiger partial charge in [0.15, 0.2) is 0 Å². The van der Waals surface area contributed by atoms with Crippen LogP contribution in [0.2, 0.25) is 0 Å². The van der Waals surface area contributed by atoms with Crippen LogP contribution in [0.3, 0.4) is 0 Å². The van der Waals surface area contributed by atoms with Gasteiger partial charge in [-0.3, -0.25) is 9.69 Å². The SMILES string of the molecule is CCN(CC(=O)N(C)C)C(c1cc(Br)cs1)C(C)N. The van der Waals surface area contributed by atoms with E-state index in [-0.39, 0.29) is 18.0 Å². The van der Waals surface area contributed by atoms with Gasteiger partial charge >= 0.3 is 0 Å². The second kappa shape index (κ2) is 7.38. The van der Waals surface area contributed by atoms with Crippen molar-refractivity contribution in [3.63, 3.8) is 0 Å². The van der Waals surface area contributed by atoms with E-state index in [1.807, 2.05) is 12.3 Å². The molecule has 108 valence electrons. The molecule has 1 heterocycles. The summed E-state index contributed by atoms with van der Waals surface area (Å²) in [6.07, 6.45) is 0. The molecule has 0 saturated carbocycles. The molecule has 4 nitrogen and oxygen atoms in total. The van der Waals surface area contributed by atoms with Gasteiger partial charge in [-0.2, -0.15) is 0 Å². The minimum absolute atomic E-state index is 0.0273. The van der Waals surface area contributed by atoms with Gasteiger partial charge in [0.2, 0.25) is 5.91 Å². The topological polar surface area (TPSA) is 49.6 Å². The Balaban J connectivity index is 2.92. The molecule has 2 unspecified atom stereocenters. The average molecular weight is 348 g/mol. The lowest BCUT2D eigenvalue weighted by atomic mass is 10.1. The first-order valence-corrected chi connectivity index (χ1v) is 7.97. The lowest BCUT2D eigenvalue weighted by Crippen LogP contribution is -2.44. The fourth-order valence-corrected chi connectivity index (χ4v) is 3.67. The van der Waals surface area contributed by atoms with Crippen molar-refractivity contribution in [3.8, 4) is 0 Å². The van der Waals surface area contributed by atoms with E-state index in [4.69, 9.17) is 5.73 Å². The molecule has 2 N–H and O–H groups in total. The number of halogens is 1. The van der Waals surface area contributed by atoms with Gasteiger partial charge in [0.1, 0.15) is 0 Å². The number of amides is 1. The molecule has 2 atom stereocenters. The fraction of sp³-hybridized carbons (Fsp3) is 0.615. The maximum atomic E-state index is 11.9. The quantitative estimate of drug-likeness (QED) is 0.858. The van der Waals surface area contributed by atoms with Gasteiger partial charge in [-0.15, -0.1) is 11.3 Å². The van der Waals surface area contributed by atoms with Crippen LogP contribution in [0.5, 0.6) is 0 Å². The molecule has 0 radical (unpaired) electrons. The summed E-state index contributed by atoms with van der Waals surface area (Å²) >= 11 is 5.14. The number of hydrogen-bond donors (Lipinski definition) is 1. The van der Waals surface area contributed by atoms with Crippen molar-refractivity contribution < 1.29 is 4.79 Å². The van der Waals surface area contributed by atoms with Crippen LogP contribution >= 0.6 is 27.3 Å². The Hall–Kier alpha value is -0.430. The van der Waals surface area contributed by atoms with Crippen molar-refractivity contribution in [2.24, 2.45) is 5.73 Å². The van der Waals surface area contributed by atoms with E-state index in [0.717, 1.165) is 11.0 Å². The average Bonchev–Trinajstić information content (AvgIpc) is 2.73. The zero-order chi connectivity index (χ0) is 14.6. The van der Waals surface area contributed by atoms with Gasteiger partial charge in [0, 0.05) is 34.9 Å². The predicted octanol–water partition coefficient (Wildman–Crippen LogP) is 2.31. The third-order valence-corrected chi connectivity index (χ3v) is 4.78. The fourth-order valence-electron chi connectivity index (χ4n) is 1.98. The molecule has 0 spiro atoms. The Morgan fingerprint density at radius 1 is 1.53 bits per heavy atom. The van der Waals surface area contributed by atoms with Gasteiger partial charge in [0.05, 0.1) is 12.6 Å². The van der Waals surface area contributed by atoms with Gasteiger partial charge in [-0.05, 0) is 35.5 Å². The molecular weight excluding hydrogens is 326 g/mol. The Labute approximate surface area is 127 Å². The number of thiophene rings is 1. The third-order valence-electron chi connectivity index (χ3n) is 3.01. The summed E-state index contributed by atoms with van der Waals surface area (Å²) in [6, 6.07) is 2.13. The minimum atomic E-state index is -0.0273. The van der Waals surface area contributed by atoms with E-state index in [1.54, 1.807) is 30.3 Å². The van der Waals surface area contributed by atoms with E-state index in [1.165, 1.54) is 4.88 Å². The Morgan fingerprint density at radius 3 is 2.53 bits per heavy atom. The lowest BCUT2D eigenvalue weighted by molar-refractivity contribution is -0.130. The van der Waals surface area contributed by atoms with Gasteiger partial charge in [-0.1, -0.05) is 6.92 Å². The van der Waals surface area contributed by atoms with Crippen LogP contribution in [-0.2, 0) is 4.79 Å². The van der Waals surface area contributed by atoms with Crippen molar-refractivity contribution in [1.82, 2.24) is 9.80 Å². The van der Waals surface area contributed by atoms with Crippen LogP contribution in [0.4, 0.5) is 0 Å². The molecule has 19 heavy (non-hydrogen) atoms. The van der Waals surface area contributed by atoms with Gasteiger partial charge < -0.3 is 10.6 Å². The normalized spacial score (nSPS) is 14.5. The Bertz CT molecular complexity index is 420. The first-order valence-electron chi connectivity index (χ1n) is 6.30. The molecule has 6 heteroatoms. The van der Waals surface area contributed by atoms with E-state index >= 15 is 0 Å². The number of hydrogen-bond acceptors (Lipinski definition) is 4. The molecular formula is C13H22BrN3OS. The number of carbonyl (C=O) groups excluding carboxylic acids is 1. The molecule has 1 aromatic rings. The summed E-state index contributed by atoms with van der Waals surface area (Å²) in [7, 11) is 3.55. The first kappa shape index (κ1) is 16.6. The summed E-state index contributed by atoms with van der Waals surface area (Å²) in [4.78, 5) is 16.8. The van der Waals surface area contributed by atoms with Crippen LogP contribution in [0.25, 0.3) is 0 Å². The lowest BCUT2D eigenvalue weighted by Gasteiger charge is -2.32. The number of nitrogens with zero attached hydrogens (tertiary/aromatic N) is 2. The summed E-state index contributed by atoms with van der Waals surface area (Å²) in [6.45, 7) is 5.23. The molecule has 0 aliphatic rings. The first-order chi connectivity index (χ1) is 8.86. The van der Waals surface area contributed by atoms with Crippen LogP contribution in [-0.4, -0.2) is 48.9 Å². The van der Waals surface area contributed by atoms with Crippen LogP contribution in [0.1, 0.15) is 24.8 Å². The maximum absolute atomic E-state index is 11.9. The van der Waals surface area contributed by atoms with Crippen molar-refractivity contribution in [1.29, 1.82) is 0 Å². The highest BCUT2D eigenvalue weighted by Gasteiger charge is 2.26. The summed E-state index contributed by atoms with van der Waals surface area (Å²) in [5.41, 5.74) is 6.13. The summed E-state index contributed by atoms with van der Waals surface area (Å²) in [5.74, 6) is 0.100. The Kier molecular flexibility index (Phi) is 6.46. The number of likely N-dealkylation sites (N-methyl/N-ethyl adjacent to an activating group) is 2. The van der Waals surface area contributed by atoms with Crippen LogP contribution in [0, 0.1) is 0 Å². The van der Waals surface area contributed by atoms with Crippen molar-refractivity contribution >= 4 is 33.2 Å². The van der Waals surface area contributed by atoms with E-state index in [0.29, 0.717) is 6.54 Å². The van der Waals surface area contributed by atoms with E-state index < -0.39 is 0 Å². The standard InChI is InChI=1S/C13H22BrN3OS/c1-5-17(7-12(18)16(3)4)13(9(2)15)11-6-10(14)8-19-11/h6,8-9,13H,5,7,15H2,1-4H3. The van der Waals surface area contributed by atoms with Crippen molar-refractivity contribution in [2.75, 3.05) is 27.2 Å². The molecule has 0 saturated heterocycles. The molecule has 1 amide bonds. The maximum Gasteiger partial charge on any atom is 0.236 e. The Morgan fingerprint density at radius 2 is 2.16 bits per heavy atom. The number of rotatable bonds is 6. The summed E-state index contributed by atoms with van der Waals surface area (Å²) in [5, 5.41) is 2.05. The van der Waals surface area contributed by atoms with Gasteiger partial charge in [0.25, 0.3) is 0 Å². The van der Waals surface area contributed by atoms with Crippen molar-refractivity contribution in [2.45, 2.75) is 25.9 Å². The highest BCUT2D eigenvalue weighted by molar-refractivity contribution is 9.10. The second-order valence-corrected chi connectivity index (χ2v) is 6.68. The minimum Gasteiger partial charge on any atom is -0.348 e. The zero-order valence-corrected chi connectivity index (χ0v) is 14.3. The molecule has 0 aromatic carbocycles. The van der Waals surface area contributed by atoms with E-state index in [2.05, 4.69) is 33.8 Å². The number of nitrogens with two attached hydrogens (primary N) is 1. The molecule has 0 aliphatic carbocycles. The molecule has 0 aliphatic heterocycles. The molecule has 1 rings (SSSR count). The third kappa shape index (κ3) is 4.56. The highest BCUT2D eigenvalue weighted by atomic mass is 79.9. The number of carbonyl (C=O) groups is 1. The van der Waals surface area contributed by atoms with Crippen LogP contribution in [0.15, 0.2) is 15.9 Å². The summed E-state index contributed by atoms with van der Waals surface area (Å²) < 4.78 is 1.06. The van der Waals surface area contributed by atoms with Crippen molar-refractivity contribution in [3.05, 3.63) is 20.8 Å². The van der Waals surface area contributed by atoms with Crippen LogP contribution < -0.4 is 5.73 Å². The molecule has 1 aromatic heterocycles. The highest BCUT2D eigenvalue weighted by Crippen LogP contribution is 2.31. The molecule has 0 fully saturated rings.